The van der Waals surface area contributed by atoms with E-state index >= 15 is 0 Å². The predicted octanol–water partition coefficient (Wildman–Crippen LogP) is 5.00. The van der Waals surface area contributed by atoms with Crippen LogP contribution < -0.4 is 0 Å². The van der Waals surface area contributed by atoms with Gasteiger partial charge in [-0.3, -0.25) is 0 Å². The Morgan fingerprint density at radius 1 is 0.583 bits per heavy atom. The van der Waals surface area contributed by atoms with Gasteiger partial charge in [0.15, 0.2) is 0 Å². The lowest BCUT2D eigenvalue weighted by Crippen LogP contribution is -2.15. The first kappa shape index (κ1) is 16.8. The van der Waals surface area contributed by atoms with Crippen molar-refractivity contribution in [3.8, 4) is 0 Å². The number of hydrogen-bond acceptors (Lipinski definition) is 2. The van der Waals surface area contributed by atoms with Gasteiger partial charge in [-0.2, -0.15) is 0 Å². The highest BCUT2D eigenvalue weighted by Crippen LogP contribution is 2.44. The van der Waals surface area contributed by atoms with Gasteiger partial charge >= 0.3 is 0 Å². The van der Waals surface area contributed by atoms with Crippen molar-refractivity contribution in [3.63, 3.8) is 0 Å². The van der Waals surface area contributed by atoms with Gasteiger partial charge in [-0.15, -0.1) is 0 Å². The van der Waals surface area contributed by atoms with Gasteiger partial charge in [0.2, 0.25) is 0 Å². The van der Waals surface area contributed by atoms with Gasteiger partial charge in [0, 0.05) is 26.4 Å². The molecule has 2 nitrogen and oxygen atoms in total. The van der Waals surface area contributed by atoms with Crippen LogP contribution in [0.1, 0.15) is 51.4 Å². The Bertz CT molecular complexity index is 413. The van der Waals surface area contributed by atoms with E-state index in [-0.39, 0.29) is 0 Å². The minimum Gasteiger partial charge on any atom is -0.381 e. The molecule has 0 aromatic carbocycles. The maximum Gasteiger partial charge on any atom is 0.0500 e. The fourth-order valence-corrected chi connectivity index (χ4v) is 5.40. The zero-order valence-electron chi connectivity index (χ0n) is 15.1. The lowest BCUT2D eigenvalue weighted by atomic mass is 9.95. The summed E-state index contributed by atoms with van der Waals surface area (Å²) in [7, 11) is 0. The standard InChI is InChI=1S/C22H34O2/c1(3-9-23-15-21-13-17-5-7-19(21)11-17)2-4-10-24-16-22-14-18-6-8-20(22)12-18/h5-8,17-22H,1-4,9-16H2. The third-order valence-electron chi connectivity index (χ3n) is 6.82. The van der Waals surface area contributed by atoms with E-state index in [1.54, 1.807) is 0 Å². The van der Waals surface area contributed by atoms with Crippen LogP contribution in [-0.4, -0.2) is 26.4 Å². The van der Waals surface area contributed by atoms with E-state index in [9.17, 15) is 0 Å². The molecule has 0 radical (unpaired) electrons. The lowest BCUT2D eigenvalue weighted by molar-refractivity contribution is 0.0811. The molecule has 0 aromatic heterocycles. The van der Waals surface area contributed by atoms with E-state index in [0.717, 1.165) is 61.9 Å². The van der Waals surface area contributed by atoms with E-state index in [4.69, 9.17) is 9.47 Å². The second-order valence-corrected chi connectivity index (χ2v) is 8.64. The Labute approximate surface area is 147 Å². The van der Waals surface area contributed by atoms with Gasteiger partial charge in [-0.25, -0.2) is 0 Å². The summed E-state index contributed by atoms with van der Waals surface area (Å²) in [6.07, 6.45) is 20.2. The molecule has 4 aliphatic carbocycles. The van der Waals surface area contributed by atoms with Gasteiger partial charge in [0.05, 0.1) is 0 Å². The minimum atomic E-state index is 0.814. The predicted molar refractivity (Wildman–Crippen MR) is 97.8 cm³/mol. The molecule has 0 aromatic rings. The summed E-state index contributed by atoms with van der Waals surface area (Å²) in [5.41, 5.74) is 0. The monoisotopic (exact) mass is 330 g/mol. The van der Waals surface area contributed by atoms with E-state index in [0.29, 0.717) is 0 Å². The van der Waals surface area contributed by atoms with Crippen molar-refractivity contribution in [2.45, 2.75) is 51.4 Å². The Morgan fingerprint density at radius 3 is 1.46 bits per heavy atom. The summed E-state index contributed by atoms with van der Waals surface area (Å²) in [6.45, 7) is 3.89. The van der Waals surface area contributed by atoms with E-state index in [2.05, 4.69) is 24.3 Å². The third-order valence-corrected chi connectivity index (χ3v) is 6.82. The zero-order valence-corrected chi connectivity index (χ0v) is 15.1. The first-order valence-electron chi connectivity index (χ1n) is 10.4. The Kier molecular flexibility index (Phi) is 5.75. The summed E-state index contributed by atoms with van der Waals surface area (Å²) < 4.78 is 11.8. The van der Waals surface area contributed by atoms with Crippen LogP contribution in [0.2, 0.25) is 0 Å². The van der Waals surface area contributed by atoms with Crippen molar-refractivity contribution in [1.29, 1.82) is 0 Å². The highest BCUT2D eigenvalue weighted by Gasteiger charge is 2.36. The van der Waals surface area contributed by atoms with Crippen LogP contribution in [-0.2, 0) is 9.47 Å². The summed E-state index contributed by atoms with van der Waals surface area (Å²) >= 11 is 0. The molecular weight excluding hydrogens is 296 g/mol. The van der Waals surface area contributed by atoms with E-state index < -0.39 is 0 Å². The highest BCUT2D eigenvalue weighted by molar-refractivity contribution is 5.10. The van der Waals surface area contributed by atoms with Crippen molar-refractivity contribution in [1.82, 2.24) is 0 Å². The largest absolute Gasteiger partial charge is 0.381 e. The second-order valence-electron chi connectivity index (χ2n) is 8.64. The number of allylic oxidation sites excluding steroid dienone is 4. The van der Waals surface area contributed by atoms with Crippen LogP contribution in [0.3, 0.4) is 0 Å². The molecule has 6 atom stereocenters. The van der Waals surface area contributed by atoms with Crippen molar-refractivity contribution >= 4 is 0 Å². The van der Waals surface area contributed by atoms with Crippen LogP contribution in [0.5, 0.6) is 0 Å². The van der Waals surface area contributed by atoms with Crippen LogP contribution >= 0.6 is 0 Å². The first-order valence-corrected chi connectivity index (χ1v) is 10.4. The van der Waals surface area contributed by atoms with Crippen LogP contribution in [0, 0.1) is 35.5 Å². The fourth-order valence-electron chi connectivity index (χ4n) is 5.40. The van der Waals surface area contributed by atoms with Crippen molar-refractivity contribution < 1.29 is 9.47 Å². The summed E-state index contributed by atoms with van der Waals surface area (Å²) in [4.78, 5) is 0. The molecule has 6 unspecified atom stereocenters. The van der Waals surface area contributed by atoms with Crippen molar-refractivity contribution in [2.24, 2.45) is 35.5 Å². The number of rotatable bonds is 11. The van der Waals surface area contributed by atoms with Gasteiger partial charge in [0.25, 0.3) is 0 Å². The molecule has 4 aliphatic rings. The fraction of sp³-hybridized carbons (Fsp3) is 0.818. The first-order chi connectivity index (χ1) is 11.9. The van der Waals surface area contributed by atoms with E-state index in [1.165, 1.54) is 51.4 Å². The molecule has 4 bridgehead atoms. The topological polar surface area (TPSA) is 18.5 Å². The zero-order chi connectivity index (χ0) is 16.2. The van der Waals surface area contributed by atoms with Crippen LogP contribution in [0.25, 0.3) is 0 Å². The molecule has 0 heterocycles. The SMILES string of the molecule is C1=CC2CC1CC2COCCCCCCOCC1CC2C=CC1C2. The average molecular weight is 331 g/mol. The Balaban J connectivity index is 0.938. The summed E-state index contributed by atoms with van der Waals surface area (Å²) in [5.74, 6) is 5.04. The molecule has 0 aliphatic heterocycles. The smallest absolute Gasteiger partial charge is 0.0500 e. The van der Waals surface area contributed by atoms with Gasteiger partial charge < -0.3 is 9.47 Å². The van der Waals surface area contributed by atoms with Crippen molar-refractivity contribution in [3.05, 3.63) is 24.3 Å². The van der Waals surface area contributed by atoms with Crippen LogP contribution in [0.4, 0.5) is 0 Å². The second kappa shape index (κ2) is 8.19. The molecule has 0 spiro atoms. The number of unbranched alkanes of at least 4 members (excludes halogenated alkanes) is 3. The number of hydrogen-bond donors (Lipinski definition) is 0. The maximum absolute atomic E-state index is 5.92. The Hall–Kier alpha value is -0.600. The maximum atomic E-state index is 5.92. The molecule has 0 saturated heterocycles. The van der Waals surface area contributed by atoms with Crippen molar-refractivity contribution in [2.75, 3.05) is 26.4 Å². The number of fused-ring (bicyclic) bond motifs is 4. The Morgan fingerprint density at radius 2 is 1.08 bits per heavy atom. The normalized spacial score (nSPS) is 38.7. The molecule has 134 valence electrons. The third kappa shape index (κ3) is 4.14. The average Bonchev–Trinajstić information content (AvgIpc) is 3.37. The quantitative estimate of drug-likeness (QED) is 0.392. The molecular formula is C22H34O2. The molecule has 0 N–H and O–H groups in total. The van der Waals surface area contributed by atoms with Gasteiger partial charge in [0.1, 0.15) is 0 Å². The van der Waals surface area contributed by atoms with Gasteiger partial charge in [-0.1, -0.05) is 37.1 Å². The summed E-state index contributed by atoms with van der Waals surface area (Å²) in [6, 6.07) is 0. The molecule has 4 rings (SSSR count). The molecule has 2 heteroatoms. The molecule has 2 saturated carbocycles. The van der Waals surface area contributed by atoms with E-state index in [1.807, 2.05) is 0 Å². The highest BCUT2D eigenvalue weighted by atomic mass is 16.5. The molecule has 0 amide bonds. The van der Waals surface area contributed by atoms with Gasteiger partial charge in [-0.05, 0) is 74.0 Å². The molecule has 24 heavy (non-hydrogen) atoms. The minimum absolute atomic E-state index is 0.814. The molecule has 2 fully saturated rings. The number of ether oxygens (including phenoxy) is 2. The summed E-state index contributed by atoms with van der Waals surface area (Å²) in [5, 5.41) is 0. The van der Waals surface area contributed by atoms with Crippen LogP contribution in [0.15, 0.2) is 24.3 Å². The lowest BCUT2D eigenvalue weighted by Gasteiger charge is -2.18.